The topological polar surface area (TPSA) is 96.0 Å². The van der Waals surface area contributed by atoms with E-state index in [4.69, 9.17) is 0 Å². The van der Waals surface area contributed by atoms with Crippen LogP contribution in [0.3, 0.4) is 0 Å². The minimum absolute atomic E-state index is 0.0806. The van der Waals surface area contributed by atoms with Crippen molar-refractivity contribution in [1.29, 1.82) is 0 Å². The maximum Gasteiger partial charge on any atom is 0.251 e. The predicted octanol–water partition coefficient (Wildman–Crippen LogP) is 1.20. The second-order valence-corrected chi connectivity index (χ2v) is 5.44. The fraction of sp³-hybridized carbons (Fsp3) is 0.250. The maximum absolute atomic E-state index is 12.3. The van der Waals surface area contributed by atoms with Crippen molar-refractivity contribution in [3.63, 3.8) is 0 Å². The molecule has 2 amide bonds. The maximum atomic E-state index is 12.3. The number of hydrogen-bond acceptors (Lipinski definition) is 5. The fourth-order valence-corrected chi connectivity index (χ4v) is 2.42. The third-order valence-corrected chi connectivity index (χ3v) is 3.50. The number of carbonyl (C=O) groups is 2. The number of rotatable bonds is 4. The van der Waals surface area contributed by atoms with Crippen LogP contribution in [0, 0.1) is 0 Å². The second kappa shape index (κ2) is 6.43. The average Bonchev–Trinajstić information content (AvgIpc) is 2.54. The van der Waals surface area contributed by atoms with Crippen molar-refractivity contribution in [2.45, 2.75) is 19.4 Å². The first-order chi connectivity index (χ1) is 11.1. The van der Waals surface area contributed by atoms with Crippen molar-refractivity contribution < 1.29 is 9.59 Å². The molecule has 118 valence electrons. The summed E-state index contributed by atoms with van der Waals surface area (Å²) < 4.78 is 0. The highest BCUT2D eigenvalue weighted by atomic mass is 16.2. The molecule has 1 aromatic heterocycles. The van der Waals surface area contributed by atoms with Gasteiger partial charge in [0.1, 0.15) is 0 Å². The fourth-order valence-electron chi connectivity index (χ4n) is 2.42. The van der Waals surface area contributed by atoms with Gasteiger partial charge >= 0.3 is 0 Å². The van der Waals surface area contributed by atoms with Crippen LogP contribution in [0.5, 0.6) is 0 Å². The Hall–Kier alpha value is -2.96. The molecule has 1 aliphatic rings. The number of nitrogens with zero attached hydrogens (tertiary/aromatic N) is 2. The first kappa shape index (κ1) is 15.0. The quantitative estimate of drug-likeness (QED) is 0.788. The van der Waals surface area contributed by atoms with E-state index in [1.807, 2.05) is 6.92 Å². The van der Waals surface area contributed by atoms with Crippen LogP contribution >= 0.6 is 0 Å². The molecule has 23 heavy (non-hydrogen) atoms. The molecule has 0 radical (unpaired) electrons. The third-order valence-electron chi connectivity index (χ3n) is 3.50. The van der Waals surface area contributed by atoms with Gasteiger partial charge in [-0.05, 0) is 25.1 Å². The van der Waals surface area contributed by atoms with Crippen LogP contribution in [0.15, 0.2) is 36.8 Å². The molecule has 0 saturated carbocycles. The normalized spacial score (nSPS) is 14.2. The summed E-state index contributed by atoms with van der Waals surface area (Å²) in [5.41, 5.74) is 2.75. The summed E-state index contributed by atoms with van der Waals surface area (Å²) in [6.45, 7) is 2.15. The zero-order valence-electron chi connectivity index (χ0n) is 12.7. The number of carbonyl (C=O) groups excluding carboxylic acids is 2. The SMILES string of the molecule is C[C@@H](Cc1cnccn1)NC(=O)c1ccc2c(c1)NC(=O)CN2. The summed E-state index contributed by atoms with van der Waals surface area (Å²) in [7, 11) is 0. The Morgan fingerprint density at radius 2 is 2.22 bits per heavy atom. The van der Waals surface area contributed by atoms with Gasteiger partial charge in [-0.1, -0.05) is 0 Å². The molecule has 1 aliphatic heterocycles. The molecule has 3 rings (SSSR count). The van der Waals surface area contributed by atoms with Gasteiger partial charge in [-0.3, -0.25) is 19.6 Å². The van der Waals surface area contributed by atoms with Gasteiger partial charge in [0.05, 0.1) is 23.6 Å². The minimum Gasteiger partial charge on any atom is -0.374 e. The minimum atomic E-state index is -0.191. The van der Waals surface area contributed by atoms with Crippen LogP contribution in [0.4, 0.5) is 11.4 Å². The molecule has 0 spiro atoms. The third kappa shape index (κ3) is 3.63. The molecule has 1 atom stereocenters. The van der Waals surface area contributed by atoms with Gasteiger partial charge in [0.25, 0.3) is 5.91 Å². The van der Waals surface area contributed by atoms with E-state index in [0.29, 0.717) is 17.7 Å². The Morgan fingerprint density at radius 3 is 3.00 bits per heavy atom. The lowest BCUT2D eigenvalue weighted by Gasteiger charge is -2.20. The zero-order chi connectivity index (χ0) is 16.2. The van der Waals surface area contributed by atoms with Gasteiger partial charge in [-0.15, -0.1) is 0 Å². The summed E-state index contributed by atoms with van der Waals surface area (Å²) in [6.07, 6.45) is 5.52. The summed E-state index contributed by atoms with van der Waals surface area (Å²) >= 11 is 0. The van der Waals surface area contributed by atoms with Gasteiger partial charge in [-0.25, -0.2) is 0 Å². The van der Waals surface area contributed by atoms with Crippen molar-refractivity contribution in [2.24, 2.45) is 0 Å². The summed E-state index contributed by atoms with van der Waals surface area (Å²) in [5.74, 6) is -0.310. The Bertz CT molecular complexity index is 733. The number of amides is 2. The molecular weight excluding hydrogens is 294 g/mol. The molecule has 0 aliphatic carbocycles. The van der Waals surface area contributed by atoms with Gasteiger partial charge in [0.2, 0.25) is 5.91 Å². The van der Waals surface area contributed by atoms with Crippen molar-refractivity contribution in [3.8, 4) is 0 Å². The molecular formula is C16H17N5O2. The standard InChI is InChI=1S/C16H17N5O2/c1-10(6-12-8-17-4-5-18-12)20-16(23)11-2-3-13-14(7-11)21-15(22)9-19-13/h2-5,7-8,10,19H,6,9H2,1H3,(H,20,23)(H,21,22)/t10-/m0/s1. The van der Waals surface area contributed by atoms with Crippen molar-refractivity contribution in [1.82, 2.24) is 15.3 Å². The van der Waals surface area contributed by atoms with Crippen LogP contribution in [0.2, 0.25) is 0 Å². The number of hydrogen-bond donors (Lipinski definition) is 3. The second-order valence-electron chi connectivity index (χ2n) is 5.44. The number of fused-ring (bicyclic) bond motifs is 1. The van der Waals surface area contributed by atoms with E-state index >= 15 is 0 Å². The molecule has 7 heteroatoms. The van der Waals surface area contributed by atoms with Gasteiger partial charge < -0.3 is 16.0 Å². The lowest BCUT2D eigenvalue weighted by atomic mass is 10.1. The van der Waals surface area contributed by atoms with Crippen molar-refractivity contribution in [3.05, 3.63) is 48.0 Å². The van der Waals surface area contributed by atoms with E-state index in [9.17, 15) is 9.59 Å². The Kier molecular flexibility index (Phi) is 4.18. The number of aromatic nitrogens is 2. The Morgan fingerprint density at radius 1 is 1.35 bits per heavy atom. The van der Waals surface area contributed by atoms with Gasteiger partial charge in [-0.2, -0.15) is 0 Å². The molecule has 3 N–H and O–H groups in total. The van der Waals surface area contributed by atoms with Crippen LogP contribution in [-0.2, 0) is 11.2 Å². The van der Waals surface area contributed by atoms with Crippen LogP contribution in [0.1, 0.15) is 23.0 Å². The van der Waals surface area contributed by atoms with Crippen molar-refractivity contribution in [2.75, 3.05) is 17.2 Å². The van der Waals surface area contributed by atoms with E-state index in [2.05, 4.69) is 25.9 Å². The largest absolute Gasteiger partial charge is 0.374 e. The molecule has 0 fully saturated rings. The lowest BCUT2D eigenvalue weighted by molar-refractivity contribution is -0.114. The molecule has 1 aromatic carbocycles. The van der Waals surface area contributed by atoms with Crippen molar-refractivity contribution >= 4 is 23.2 Å². The van der Waals surface area contributed by atoms with E-state index < -0.39 is 0 Å². The Balaban J connectivity index is 1.66. The summed E-state index contributed by atoms with van der Waals surface area (Å²) in [4.78, 5) is 31.9. The first-order valence-electron chi connectivity index (χ1n) is 7.35. The Labute approximate surface area is 133 Å². The monoisotopic (exact) mass is 311 g/mol. The highest BCUT2D eigenvalue weighted by Crippen LogP contribution is 2.25. The highest BCUT2D eigenvalue weighted by molar-refractivity contribution is 6.03. The van der Waals surface area contributed by atoms with E-state index in [0.717, 1.165) is 11.4 Å². The van der Waals surface area contributed by atoms with E-state index in [1.165, 1.54) is 0 Å². The van der Waals surface area contributed by atoms with Crippen LogP contribution < -0.4 is 16.0 Å². The van der Waals surface area contributed by atoms with Crippen LogP contribution in [-0.4, -0.2) is 34.4 Å². The number of benzene rings is 1. The highest BCUT2D eigenvalue weighted by Gasteiger charge is 2.17. The molecule has 0 saturated heterocycles. The summed E-state index contributed by atoms with van der Waals surface area (Å²) in [6, 6.07) is 5.11. The summed E-state index contributed by atoms with van der Waals surface area (Å²) in [5, 5.41) is 8.66. The molecule has 2 heterocycles. The average molecular weight is 311 g/mol. The van der Waals surface area contributed by atoms with E-state index in [-0.39, 0.29) is 24.4 Å². The van der Waals surface area contributed by atoms with E-state index in [1.54, 1.807) is 36.8 Å². The molecule has 0 bridgehead atoms. The number of nitrogens with one attached hydrogen (secondary N) is 3. The number of anilines is 2. The zero-order valence-corrected chi connectivity index (χ0v) is 12.7. The van der Waals surface area contributed by atoms with Gasteiger partial charge in [0, 0.05) is 36.6 Å². The lowest BCUT2D eigenvalue weighted by Crippen LogP contribution is -2.34. The molecule has 0 unspecified atom stereocenters. The first-order valence-corrected chi connectivity index (χ1v) is 7.35. The van der Waals surface area contributed by atoms with Crippen LogP contribution in [0.25, 0.3) is 0 Å². The predicted molar refractivity (Wildman–Crippen MR) is 86.2 cm³/mol. The smallest absolute Gasteiger partial charge is 0.251 e. The van der Waals surface area contributed by atoms with Gasteiger partial charge in [0.15, 0.2) is 0 Å². The molecule has 2 aromatic rings. The molecule has 7 nitrogen and oxygen atoms in total.